The molecule has 11 heteroatoms. The number of alkyl halides is 3. The van der Waals surface area contributed by atoms with Gasteiger partial charge in [-0.1, -0.05) is 23.7 Å². The van der Waals surface area contributed by atoms with E-state index in [2.05, 4.69) is 5.10 Å². The Bertz CT molecular complexity index is 1210. The van der Waals surface area contributed by atoms with Crippen LogP contribution in [0, 0.1) is 11.7 Å². The summed E-state index contributed by atoms with van der Waals surface area (Å²) in [6.45, 7) is 0.273. The fraction of sp³-hybridized carbons (Fsp3) is 0.250. The largest absolute Gasteiger partial charge is 0.481 e. The van der Waals surface area contributed by atoms with Crippen molar-refractivity contribution in [2.45, 2.75) is 12.6 Å². The summed E-state index contributed by atoms with van der Waals surface area (Å²) in [5, 5.41) is 12.8. The van der Waals surface area contributed by atoms with Gasteiger partial charge in [0.05, 0.1) is 33.0 Å². The Morgan fingerprint density at radius 1 is 1.16 bits per heavy atom. The molecule has 1 aliphatic heterocycles. The van der Waals surface area contributed by atoms with Crippen molar-refractivity contribution in [1.82, 2.24) is 9.78 Å². The first-order valence-corrected chi connectivity index (χ1v) is 9.52. The third kappa shape index (κ3) is 3.60. The van der Waals surface area contributed by atoms with Crippen LogP contribution in [0.25, 0.3) is 10.9 Å². The zero-order valence-electron chi connectivity index (χ0n) is 15.7. The van der Waals surface area contributed by atoms with Gasteiger partial charge in [-0.2, -0.15) is 17.9 Å². The molecule has 0 bridgehead atoms. The second-order valence-electron chi connectivity index (χ2n) is 7.10. The number of rotatable bonds is 3. The van der Waals surface area contributed by atoms with E-state index in [-0.39, 0.29) is 36.2 Å². The molecular weight excluding hydrogens is 442 g/mol. The normalized spacial score (nSPS) is 16.8. The molecule has 4 rings (SSSR count). The Morgan fingerprint density at radius 2 is 1.87 bits per heavy atom. The number of aromatic nitrogens is 2. The predicted molar refractivity (Wildman–Crippen MR) is 104 cm³/mol. The molecule has 0 radical (unpaired) electrons. The van der Waals surface area contributed by atoms with Gasteiger partial charge >= 0.3 is 12.1 Å². The smallest absolute Gasteiger partial charge is 0.417 e. The van der Waals surface area contributed by atoms with Crippen molar-refractivity contribution in [3.8, 4) is 0 Å². The lowest BCUT2D eigenvalue weighted by Gasteiger charge is -2.15. The second kappa shape index (κ2) is 7.52. The molecule has 1 atom stereocenters. The average Bonchev–Trinajstić information content (AvgIpc) is 3.32. The lowest BCUT2D eigenvalue weighted by atomic mass is 10.1. The monoisotopic (exact) mass is 455 g/mol. The summed E-state index contributed by atoms with van der Waals surface area (Å²) in [6.07, 6.45) is -4.56. The number of benzene rings is 2. The Morgan fingerprint density at radius 3 is 2.52 bits per heavy atom. The molecule has 162 valence electrons. The maximum absolute atomic E-state index is 14.7. The third-order valence-corrected chi connectivity index (χ3v) is 5.52. The van der Waals surface area contributed by atoms with Crippen LogP contribution in [0.3, 0.4) is 0 Å². The van der Waals surface area contributed by atoms with Crippen LogP contribution < -0.4 is 4.90 Å². The number of hydrogen-bond donors (Lipinski definition) is 1. The lowest BCUT2D eigenvalue weighted by molar-refractivity contribution is -0.141. The van der Waals surface area contributed by atoms with Crippen LogP contribution in [0.1, 0.15) is 22.3 Å². The van der Waals surface area contributed by atoms with E-state index in [1.54, 1.807) is 0 Å². The van der Waals surface area contributed by atoms with E-state index in [0.29, 0.717) is 4.68 Å². The van der Waals surface area contributed by atoms with Gasteiger partial charge in [0.1, 0.15) is 5.82 Å². The molecule has 1 aliphatic rings. The maximum Gasteiger partial charge on any atom is 0.417 e. The fourth-order valence-electron chi connectivity index (χ4n) is 3.72. The molecule has 31 heavy (non-hydrogen) atoms. The summed E-state index contributed by atoms with van der Waals surface area (Å²) in [5.41, 5.74) is -2.09. The predicted octanol–water partition coefficient (Wildman–Crippen LogP) is 4.45. The molecule has 3 aromatic rings. The van der Waals surface area contributed by atoms with E-state index in [4.69, 9.17) is 11.6 Å². The summed E-state index contributed by atoms with van der Waals surface area (Å²) in [4.78, 5) is 25.9. The van der Waals surface area contributed by atoms with E-state index in [0.717, 1.165) is 24.3 Å². The Labute approximate surface area is 177 Å². The van der Waals surface area contributed by atoms with Gasteiger partial charge in [-0.25, -0.2) is 4.39 Å². The standard InChI is InChI=1S/C20H14ClF4N3O3/c21-12-4-1-3-11(20(23,24)25)15(12)18(29)28-14-6-2-5-13(22)16(14)17(26-28)27-8-7-10(9-27)19(30)31/h1-6,10H,7-9H2,(H,30,31). The van der Waals surface area contributed by atoms with Crippen LogP contribution in [-0.4, -0.2) is 39.9 Å². The van der Waals surface area contributed by atoms with E-state index < -0.39 is 45.9 Å². The van der Waals surface area contributed by atoms with Crippen molar-refractivity contribution in [3.63, 3.8) is 0 Å². The molecule has 0 spiro atoms. The Hall–Kier alpha value is -3.14. The summed E-state index contributed by atoms with van der Waals surface area (Å²) < 4.78 is 55.8. The highest BCUT2D eigenvalue weighted by atomic mass is 35.5. The molecular formula is C20H14ClF4N3O3. The average molecular weight is 456 g/mol. The van der Waals surface area contributed by atoms with Crippen LogP contribution in [0.15, 0.2) is 36.4 Å². The molecule has 0 aliphatic carbocycles. The minimum Gasteiger partial charge on any atom is -0.481 e. The second-order valence-corrected chi connectivity index (χ2v) is 7.51. The highest BCUT2D eigenvalue weighted by molar-refractivity contribution is 6.34. The lowest BCUT2D eigenvalue weighted by Crippen LogP contribution is -2.24. The number of anilines is 1. The third-order valence-electron chi connectivity index (χ3n) is 5.20. The number of carboxylic acids is 1. The summed E-state index contributed by atoms with van der Waals surface area (Å²) in [7, 11) is 0. The van der Waals surface area contributed by atoms with Gasteiger partial charge < -0.3 is 10.0 Å². The molecule has 1 fully saturated rings. The number of halogens is 5. The van der Waals surface area contributed by atoms with Crippen LogP contribution in [-0.2, 0) is 11.0 Å². The first-order valence-electron chi connectivity index (χ1n) is 9.15. The minimum atomic E-state index is -4.85. The number of fused-ring (bicyclic) bond motifs is 1. The van der Waals surface area contributed by atoms with Crippen molar-refractivity contribution in [1.29, 1.82) is 0 Å². The fourth-order valence-corrected chi connectivity index (χ4v) is 3.98. The number of aliphatic carboxylic acids is 1. The van der Waals surface area contributed by atoms with Crippen LogP contribution in [0.4, 0.5) is 23.4 Å². The molecule has 1 unspecified atom stereocenters. The Balaban J connectivity index is 1.89. The van der Waals surface area contributed by atoms with Gasteiger partial charge in [0.25, 0.3) is 5.91 Å². The highest BCUT2D eigenvalue weighted by Crippen LogP contribution is 2.37. The van der Waals surface area contributed by atoms with E-state index in [1.165, 1.54) is 17.0 Å². The zero-order chi connectivity index (χ0) is 22.5. The number of hydrogen-bond acceptors (Lipinski definition) is 4. The number of nitrogens with zero attached hydrogens (tertiary/aromatic N) is 3. The van der Waals surface area contributed by atoms with Gasteiger partial charge in [0.15, 0.2) is 5.82 Å². The molecule has 0 amide bonds. The van der Waals surface area contributed by atoms with E-state index >= 15 is 0 Å². The van der Waals surface area contributed by atoms with Crippen LogP contribution in [0.5, 0.6) is 0 Å². The molecule has 6 nitrogen and oxygen atoms in total. The summed E-state index contributed by atoms with van der Waals surface area (Å²) in [5.74, 6) is -3.64. The maximum atomic E-state index is 14.7. The van der Waals surface area contributed by atoms with Crippen molar-refractivity contribution in [2.75, 3.05) is 18.0 Å². The van der Waals surface area contributed by atoms with Crippen molar-refractivity contribution >= 4 is 40.2 Å². The molecule has 1 saturated heterocycles. The highest BCUT2D eigenvalue weighted by Gasteiger charge is 2.38. The van der Waals surface area contributed by atoms with Gasteiger partial charge in [0, 0.05) is 13.1 Å². The molecule has 0 saturated carbocycles. The molecule has 2 heterocycles. The quantitative estimate of drug-likeness (QED) is 0.591. The van der Waals surface area contributed by atoms with Crippen molar-refractivity contribution in [3.05, 3.63) is 58.4 Å². The number of carboxylic acid groups (broad SMARTS) is 1. The SMILES string of the molecule is O=C(O)C1CCN(c2nn(C(=O)c3c(Cl)cccc3C(F)(F)F)c3cccc(F)c23)C1. The molecule has 1 aromatic heterocycles. The number of carbonyl (C=O) groups excluding carboxylic acids is 1. The van der Waals surface area contributed by atoms with Gasteiger partial charge in [0.2, 0.25) is 0 Å². The zero-order valence-corrected chi connectivity index (χ0v) is 16.4. The van der Waals surface area contributed by atoms with Gasteiger partial charge in [-0.15, -0.1) is 5.10 Å². The van der Waals surface area contributed by atoms with Crippen LogP contribution >= 0.6 is 11.6 Å². The van der Waals surface area contributed by atoms with Crippen molar-refractivity contribution < 1.29 is 32.3 Å². The van der Waals surface area contributed by atoms with Gasteiger partial charge in [-0.05, 0) is 30.7 Å². The molecule has 1 N–H and O–H groups in total. The van der Waals surface area contributed by atoms with E-state index in [1.807, 2.05) is 0 Å². The first-order chi connectivity index (χ1) is 14.6. The minimum absolute atomic E-state index is 0.00851. The van der Waals surface area contributed by atoms with Crippen LogP contribution in [0.2, 0.25) is 5.02 Å². The topological polar surface area (TPSA) is 75.4 Å². The number of carbonyl (C=O) groups is 2. The van der Waals surface area contributed by atoms with Gasteiger partial charge in [-0.3, -0.25) is 9.59 Å². The Kier molecular flexibility index (Phi) is 5.12. The molecule has 2 aromatic carbocycles. The summed E-state index contributed by atoms with van der Waals surface area (Å²) >= 11 is 5.94. The van der Waals surface area contributed by atoms with E-state index in [9.17, 15) is 32.3 Å². The first kappa shape index (κ1) is 21.1. The van der Waals surface area contributed by atoms with Crippen molar-refractivity contribution in [2.24, 2.45) is 5.92 Å². The summed E-state index contributed by atoms with van der Waals surface area (Å²) in [6, 6.07) is 6.73.